The minimum absolute atomic E-state index is 0.0311. The normalized spacial score (nSPS) is 14.4. The van der Waals surface area contributed by atoms with Gasteiger partial charge in [0, 0.05) is 13.2 Å². The molecular formula is C14H20F3NO. The van der Waals surface area contributed by atoms with Crippen LogP contribution in [-0.2, 0) is 0 Å². The summed E-state index contributed by atoms with van der Waals surface area (Å²) >= 11 is 0. The van der Waals surface area contributed by atoms with Crippen LogP contribution in [0.15, 0.2) is 30.3 Å². The fourth-order valence-electron chi connectivity index (χ4n) is 1.84. The lowest BCUT2D eigenvalue weighted by Gasteiger charge is -2.29. The minimum atomic E-state index is -4.34. The summed E-state index contributed by atoms with van der Waals surface area (Å²) < 4.78 is 39.2. The van der Waals surface area contributed by atoms with E-state index in [1.54, 1.807) is 18.2 Å². The predicted molar refractivity (Wildman–Crippen MR) is 68.7 cm³/mol. The summed E-state index contributed by atoms with van der Waals surface area (Å²) in [5.41, 5.74) is -0.178. The zero-order chi connectivity index (χ0) is 14.5. The molecule has 0 spiro atoms. The maximum absolute atomic E-state index is 13.1. The molecule has 0 saturated carbocycles. The Labute approximate surface area is 111 Å². The zero-order valence-corrected chi connectivity index (χ0v) is 11.2. The van der Waals surface area contributed by atoms with Gasteiger partial charge in [-0.25, -0.2) is 0 Å². The first-order valence-corrected chi connectivity index (χ1v) is 6.22. The van der Waals surface area contributed by atoms with E-state index in [1.165, 1.54) is 12.1 Å². The lowest BCUT2D eigenvalue weighted by molar-refractivity contribution is -0.158. The van der Waals surface area contributed by atoms with Crippen LogP contribution in [0.2, 0.25) is 0 Å². The van der Waals surface area contributed by atoms with Gasteiger partial charge in [0.25, 0.3) is 0 Å². The summed E-state index contributed by atoms with van der Waals surface area (Å²) in [5.74, 6) is 0. The quantitative estimate of drug-likeness (QED) is 0.835. The molecule has 0 bridgehead atoms. The number of alkyl halides is 3. The highest BCUT2D eigenvalue weighted by molar-refractivity contribution is 5.20. The molecule has 0 aliphatic rings. The Morgan fingerprint density at radius 1 is 1.16 bits per heavy atom. The van der Waals surface area contributed by atoms with Gasteiger partial charge in [0.2, 0.25) is 0 Å². The second-order valence-electron chi connectivity index (χ2n) is 5.40. The first kappa shape index (κ1) is 16.0. The van der Waals surface area contributed by atoms with Gasteiger partial charge >= 0.3 is 6.18 Å². The van der Waals surface area contributed by atoms with Crippen molar-refractivity contribution in [1.29, 1.82) is 0 Å². The van der Waals surface area contributed by atoms with Crippen molar-refractivity contribution in [1.82, 2.24) is 5.32 Å². The van der Waals surface area contributed by atoms with E-state index in [2.05, 4.69) is 5.32 Å². The molecule has 5 heteroatoms. The molecular weight excluding hydrogens is 255 g/mol. The minimum Gasteiger partial charge on any atom is -0.396 e. The Morgan fingerprint density at radius 3 is 2.21 bits per heavy atom. The zero-order valence-electron chi connectivity index (χ0n) is 11.2. The molecule has 0 aliphatic carbocycles. The van der Waals surface area contributed by atoms with E-state index in [0.29, 0.717) is 6.42 Å². The number of rotatable bonds is 6. The number of hydrogen-bond acceptors (Lipinski definition) is 2. The van der Waals surface area contributed by atoms with Crippen molar-refractivity contribution in [3.63, 3.8) is 0 Å². The second kappa shape index (κ2) is 6.39. The van der Waals surface area contributed by atoms with Gasteiger partial charge in [-0.1, -0.05) is 44.2 Å². The van der Waals surface area contributed by atoms with Gasteiger partial charge in [0.05, 0.1) is 0 Å². The van der Waals surface area contributed by atoms with E-state index < -0.39 is 12.2 Å². The summed E-state index contributed by atoms with van der Waals surface area (Å²) in [4.78, 5) is 0. The van der Waals surface area contributed by atoms with Crippen LogP contribution in [0.5, 0.6) is 0 Å². The molecule has 0 heterocycles. The van der Waals surface area contributed by atoms with E-state index in [1.807, 2.05) is 13.8 Å². The molecule has 1 aromatic carbocycles. The maximum atomic E-state index is 13.1. The van der Waals surface area contributed by atoms with Crippen LogP contribution in [-0.4, -0.2) is 24.4 Å². The topological polar surface area (TPSA) is 32.3 Å². The monoisotopic (exact) mass is 275 g/mol. The molecule has 0 saturated heterocycles. The molecule has 2 nitrogen and oxygen atoms in total. The third kappa shape index (κ3) is 5.20. The third-order valence-corrected chi connectivity index (χ3v) is 3.03. The van der Waals surface area contributed by atoms with E-state index in [4.69, 9.17) is 5.11 Å². The van der Waals surface area contributed by atoms with Gasteiger partial charge in [-0.2, -0.15) is 13.2 Å². The summed E-state index contributed by atoms with van der Waals surface area (Å²) in [6, 6.07) is 6.12. The number of aliphatic hydroxyl groups is 1. The summed E-state index contributed by atoms with van der Waals surface area (Å²) in [7, 11) is 0. The Kier molecular flexibility index (Phi) is 5.38. The third-order valence-electron chi connectivity index (χ3n) is 3.03. The number of aliphatic hydroxyl groups excluding tert-OH is 1. The fourth-order valence-corrected chi connectivity index (χ4v) is 1.84. The van der Waals surface area contributed by atoms with Gasteiger partial charge in [-0.05, 0) is 17.4 Å². The van der Waals surface area contributed by atoms with Gasteiger partial charge in [0.15, 0.2) is 0 Å². The number of nitrogens with one attached hydrogen (secondary N) is 1. The number of hydrogen-bond donors (Lipinski definition) is 2. The van der Waals surface area contributed by atoms with Crippen LogP contribution in [0.25, 0.3) is 0 Å². The van der Waals surface area contributed by atoms with E-state index in [9.17, 15) is 13.2 Å². The average Bonchev–Trinajstić information content (AvgIpc) is 2.28. The Balaban J connectivity index is 2.78. The summed E-state index contributed by atoms with van der Waals surface area (Å²) in [5, 5.41) is 11.5. The highest BCUT2D eigenvalue weighted by Crippen LogP contribution is 2.33. The van der Waals surface area contributed by atoms with E-state index >= 15 is 0 Å². The van der Waals surface area contributed by atoms with Crippen LogP contribution in [0.3, 0.4) is 0 Å². The molecule has 0 amide bonds. The van der Waals surface area contributed by atoms with Crippen LogP contribution >= 0.6 is 0 Å². The van der Waals surface area contributed by atoms with E-state index in [0.717, 1.165) is 0 Å². The van der Waals surface area contributed by atoms with E-state index in [-0.39, 0.29) is 24.1 Å². The Morgan fingerprint density at radius 2 is 1.74 bits per heavy atom. The number of benzene rings is 1. The molecule has 1 aromatic rings. The van der Waals surface area contributed by atoms with Gasteiger partial charge < -0.3 is 10.4 Å². The largest absolute Gasteiger partial charge is 0.407 e. The highest BCUT2D eigenvalue weighted by Gasteiger charge is 2.41. The predicted octanol–water partition coefficient (Wildman–Crippen LogP) is 3.29. The first-order chi connectivity index (χ1) is 8.76. The van der Waals surface area contributed by atoms with Crippen molar-refractivity contribution in [3.05, 3.63) is 35.9 Å². The van der Waals surface area contributed by atoms with Gasteiger partial charge in [0.1, 0.15) is 6.04 Å². The highest BCUT2D eigenvalue weighted by atomic mass is 19.4. The molecule has 0 aliphatic heterocycles. The lowest BCUT2D eigenvalue weighted by Crippen LogP contribution is -2.39. The smallest absolute Gasteiger partial charge is 0.396 e. The number of halogens is 3. The standard InChI is InChI=1S/C14H20F3NO/c1-13(2,8-9-19)10-18-12(14(15,16)17)11-6-4-3-5-7-11/h3-7,12,18-19H,8-10H2,1-2H3. The molecule has 2 N–H and O–H groups in total. The molecule has 108 valence electrons. The molecule has 1 atom stereocenters. The maximum Gasteiger partial charge on any atom is 0.407 e. The van der Waals surface area contributed by atoms with Crippen LogP contribution in [0, 0.1) is 5.41 Å². The van der Waals surface area contributed by atoms with Crippen molar-refractivity contribution in [3.8, 4) is 0 Å². The van der Waals surface area contributed by atoms with Crippen molar-refractivity contribution in [2.75, 3.05) is 13.2 Å². The molecule has 1 rings (SSSR count). The van der Waals surface area contributed by atoms with Crippen LogP contribution in [0.1, 0.15) is 31.9 Å². The van der Waals surface area contributed by atoms with Crippen LogP contribution < -0.4 is 5.32 Å². The SMILES string of the molecule is CC(C)(CCO)CNC(c1ccccc1)C(F)(F)F. The van der Waals surface area contributed by atoms with Crippen molar-refractivity contribution < 1.29 is 18.3 Å². The molecule has 1 unspecified atom stereocenters. The van der Waals surface area contributed by atoms with Gasteiger partial charge in [-0.15, -0.1) is 0 Å². The molecule has 19 heavy (non-hydrogen) atoms. The van der Waals surface area contributed by atoms with Gasteiger partial charge in [-0.3, -0.25) is 0 Å². The first-order valence-electron chi connectivity index (χ1n) is 6.22. The summed E-state index contributed by atoms with van der Waals surface area (Å²) in [6.07, 6.45) is -3.88. The van der Waals surface area contributed by atoms with Crippen molar-refractivity contribution in [2.24, 2.45) is 5.41 Å². The lowest BCUT2D eigenvalue weighted by atomic mass is 9.89. The molecule has 0 aromatic heterocycles. The molecule has 0 fully saturated rings. The second-order valence-corrected chi connectivity index (χ2v) is 5.40. The van der Waals surface area contributed by atoms with Crippen molar-refractivity contribution >= 4 is 0 Å². The Hall–Kier alpha value is -1.07. The average molecular weight is 275 g/mol. The fraction of sp³-hybridized carbons (Fsp3) is 0.571. The summed E-state index contributed by atoms with van der Waals surface area (Å²) in [6.45, 7) is 3.81. The van der Waals surface area contributed by atoms with Crippen LogP contribution in [0.4, 0.5) is 13.2 Å². The Bertz CT molecular complexity index is 376. The molecule has 0 radical (unpaired) electrons. The van der Waals surface area contributed by atoms with Crippen molar-refractivity contribution in [2.45, 2.75) is 32.5 Å².